The molecule has 1 amide bonds. The van der Waals surface area contributed by atoms with E-state index in [-0.39, 0.29) is 5.91 Å². The molecule has 0 spiro atoms. The molecule has 2 aromatic rings. The van der Waals surface area contributed by atoms with E-state index in [0.29, 0.717) is 29.4 Å². The van der Waals surface area contributed by atoms with Crippen LogP contribution in [0.2, 0.25) is 0 Å². The van der Waals surface area contributed by atoms with E-state index in [1.165, 1.54) is 0 Å². The predicted molar refractivity (Wildman–Crippen MR) is 78.9 cm³/mol. The lowest BCUT2D eigenvalue weighted by Gasteiger charge is -2.13. The quantitative estimate of drug-likeness (QED) is 0.919. The number of hydrogen-bond donors (Lipinski definition) is 1. The Bertz CT molecular complexity index is 646. The Hall–Kier alpha value is -2.43. The van der Waals surface area contributed by atoms with Crippen LogP contribution in [-0.4, -0.2) is 20.1 Å². The van der Waals surface area contributed by atoms with E-state index >= 15 is 0 Å². The Morgan fingerprint density at radius 1 is 1.24 bits per heavy atom. The molecule has 0 aliphatic rings. The standard InChI is InChI=1S/C16H19NO4/c1-10-8-13(11(2)21-10)16(18)17-9-12-6-5-7-14(19-3)15(12)20-4/h5-8H,9H2,1-4H3,(H,17,18). The third kappa shape index (κ3) is 3.18. The molecule has 2 rings (SSSR count). The van der Waals surface area contributed by atoms with Crippen LogP contribution in [-0.2, 0) is 6.54 Å². The highest BCUT2D eigenvalue weighted by atomic mass is 16.5. The highest BCUT2D eigenvalue weighted by Gasteiger charge is 2.15. The highest BCUT2D eigenvalue weighted by Crippen LogP contribution is 2.30. The van der Waals surface area contributed by atoms with Crippen LogP contribution < -0.4 is 14.8 Å². The maximum Gasteiger partial charge on any atom is 0.255 e. The monoisotopic (exact) mass is 289 g/mol. The van der Waals surface area contributed by atoms with Crippen LogP contribution in [0.1, 0.15) is 27.4 Å². The first-order valence-electron chi connectivity index (χ1n) is 6.62. The van der Waals surface area contributed by atoms with Crippen molar-refractivity contribution in [3.63, 3.8) is 0 Å². The molecular weight excluding hydrogens is 270 g/mol. The number of ether oxygens (including phenoxy) is 2. The van der Waals surface area contributed by atoms with Crippen molar-refractivity contribution >= 4 is 5.91 Å². The molecule has 0 unspecified atom stereocenters. The zero-order valence-corrected chi connectivity index (χ0v) is 12.6. The van der Waals surface area contributed by atoms with E-state index in [2.05, 4.69) is 5.32 Å². The van der Waals surface area contributed by atoms with Crippen molar-refractivity contribution in [2.24, 2.45) is 0 Å². The maximum atomic E-state index is 12.2. The number of carbonyl (C=O) groups excluding carboxylic acids is 1. The topological polar surface area (TPSA) is 60.7 Å². The van der Waals surface area contributed by atoms with Gasteiger partial charge in [0.2, 0.25) is 0 Å². The van der Waals surface area contributed by atoms with Gasteiger partial charge in [-0.2, -0.15) is 0 Å². The van der Waals surface area contributed by atoms with Crippen molar-refractivity contribution in [3.8, 4) is 11.5 Å². The summed E-state index contributed by atoms with van der Waals surface area (Å²) in [5, 5.41) is 2.86. The number of hydrogen-bond acceptors (Lipinski definition) is 4. The number of amides is 1. The molecule has 1 N–H and O–H groups in total. The molecule has 0 bridgehead atoms. The summed E-state index contributed by atoms with van der Waals surface area (Å²) in [5.74, 6) is 2.42. The summed E-state index contributed by atoms with van der Waals surface area (Å²) in [6, 6.07) is 7.28. The zero-order valence-electron chi connectivity index (χ0n) is 12.6. The van der Waals surface area contributed by atoms with Crippen LogP contribution in [0.5, 0.6) is 11.5 Å². The van der Waals surface area contributed by atoms with Gasteiger partial charge < -0.3 is 19.2 Å². The average molecular weight is 289 g/mol. The smallest absolute Gasteiger partial charge is 0.255 e. The summed E-state index contributed by atoms with van der Waals surface area (Å²) in [6.07, 6.45) is 0. The van der Waals surface area contributed by atoms with Crippen LogP contribution in [0.15, 0.2) is 28.7 Å². The maximum absolute atomic E-state index is 12.2. The van der Waals surface area contributed by atoms with E-state index in [1.807, 2.05) is 25.1 Å². The molecule has 0 saturated carbocycles. The fourth-order valence-corrected chi connectivity index (χ4v) is 2.22. The first-order chi connectivity index (χ1) is 10.1. The van der Waals surface area contributed by atoms with Gasteiger partial charge in [-0.25, -0.2) is 0 Å². The number of methoxy groups -OCH3 is 2. The second-order valence-corrected chi connectivity index (χ2v) is 4.66. The Morgan fingerprint density at radius 2 is 2.00 bits per heavy atom. The molecule has 0 aliphatic heterocycles. The number of carbonyl (C=O) groups is 1. The van der Waals surface area contributed by atoms with Gasteiger partial charge in [0.15, 0.2) is 11.5 Å². The molecular formula is C16H19NO4. The number of aryl methyl sites for hydroxylation is 2. The predicted octanol–water partition coefficient (Wildman–Crippen LogP) is 2.84. The normalized spacial score (nSPS) is 10.3. The van der Waals surface area contributed by atoms with Gasteiger partial charge in [0.25, 0.3) is 5.91 Å². The summed E-state index contributed by atoms with van der Waals surface area (Å²) < 4.78 is 15.9. The van der Waals surface area contributed by atoms with Crippen molar-refractivity contribution in [2.75, 3.05) is 14.2 Å². The van der Waals surface area contributed by atoms with Gasteiger partial charge in [0.05, 0.1) is 19.8 Å². The fourth-order valence-electron chi connectivity index (χ4n) is 2.22. The molecule has 5 heteroatoms. The molecule has 1 aromatic carbocycles. The molecule has 0 fully saturated rings. The molecule has 112 valence electrons. The van der Waals surface area contributed by atoms with Crippen LogP contribution in [0.25, 0.3) is 0 Å². The van der Waals surface area contributed by atoms with E-state index < -0.39 is 0 Å². The minimum Gasteiger partial charge on any atom is -0.493 e. The number of benzene rings is 1. The highest BCUT2D eigenvalue weighted by molar-refractivity contribution is 5.95. The number of furan rings is 1. The summed E-state index contributed by atoms with van der Waals surface area (Å²) in [7, 11) is 3.16. The van der Waals surface area contributed by atoms with E-state index in [1.54, 1.807) is 27.2 Å². The second-order valence-electron chi connectivity index (χ2n) is 4.66. The van der Waals surface area contributed by atoms with Crippen LogP contribution in [0.4, 0.5) is 0 Å². The minimum absolute atomic E-state index is 0.172. The van der Waals surface area contributed by atoms with Crippen LogP contribution in [0.3, 0.4) is 0 Å². The SMILES string of the molecule is COc1cccc(CNC(=O)c2cc(C)oc2C)c1OC. The van der Waals surface area contributed by atoms with Crippen LogP contribution >= 0.6 is 0 Å². The van der Waals surface area contributed by atoms with Crippen molar-refractivity contribution in [3.05, 3.63) is 46.9 Å². The number of rotatable bonds is 5. The fraction of sp³-hybridized carbons (Fsp3) is 0.312. The molecule has 0 radical (unpaired) electrons. The number of nitrogens with one attached hydrogen (secondary N) is 1. The van der Waals surface area contributed by atoms with Crippen LogP contribution in [0, 0.1) is 13.8 Å². The molecule has 1 heterocycles. The summed E-state index contributed by atoms with van der Waals surface area (Å²) in [4.78, 5) is 12.2. The Morgan fingerprint density at radius 3 is 2.57 bits per heavy atom. The molecule has 5 nitrogen and oxygen atoms in total. The first kappa shape index (κ1) is 15.0. The Labute approximate surface area is 123 Å². The third-order valence-corrected chi connectivity index (χ3v) is 3.21. The third-order valence-electron chi connectivity index (χ3n) is 3.21. The first-order valence-corrected chi connectivity index (χ1v) is 6.62. The lowest BCUT2D eigenvalue weighted by molar-refractivity contribution is 0.0949. The van der Waals surface area contributed by atoms with Gasteiger partial charge in [-0.1, -0.05) is 12.1 Å². The van der Waals surface area contributed by atoms with Gasteiger partial charge in [0.1, 0.15) is 11.5 Å². The van der Waals surface area contributed by atoms with Gasteiger partial charge in [-0.05, 0) is 26.0 Å². The van der Waals surface area contributed by atoms with Crippen molar-refractivity contribution in [1.29, 1.82) is 0 Å². The Balaban J connectivity index is 2.13. The van der Waals surface area contributed by atoms with Gasteiger partial charge in [-0.3, -0.25) is 4.79 Å². The zero-order chi connectivity index (χ0) is 15.4. The van der Waals surface area contributed by atoms with E-state index in [4.69, 9.17) is 13.9 Å². The minimum atomic E-state index is -0.172. The molecule has 21 heavy (non-hydrogen) atoms. The van der Waals surface area contributed by atoms with Crippen molar-refractivity contribution in [1.82, 2.24) is 5.32 Å². The molecule has 1 aromatic heterocycles. The van der Waals surface area contributed by atoms with Gasteiger partial charge >= 0.3 is 0 Å². The number of para-hydroxylation sites is 1. The van der Waals surface area contributed by atoms with Crippen molar-refractivity contribution < 1.29 is 18.7 Å². The molecule has 0 saturated heterocycles. The van der Waals surface area contributed by atoms with Crippen molar-refractivity contribution in [2.45, 2.75) is 20.4 Å². The summed E-state index contributed by atoms with van der Waals surface area (Å²) in [6.45, 7) is 3.94. The Kier molecular flexibility index (Phi) is 4.52. The summed E-state index contributed by atoms with van der Waals surface area (Å²) >= 11 is 0. The van der Waals surface area contributed by atoms with Gasteiger partial charge in [-0.15, -0.1) is 0 Å². The average Bonchev–Trinajstić information content (AvgIpc) is 2.82. The summed E-state index contributed by atoms with van der Waals surface area (Å²) in [5.41, 5.74) is 1.40. The van der Waals surface area contributed by atoms with E-state index in [0.717, 1.165) is 11.3 Å². The lowest BCUT2D eigenvalue weighted by atomic mass is 10.1. The van der Waals surface area contributed by atoms with Gasteiger partial charge in [0, 0.05) is 12.1 Å². The largest absolute Gasteiger partial charge is 0.493 e. The van der Waals surface area contributed by atoms with E-state index in [9.17, 15) is 4.79 Å². The molecule has 0 atom stereocenters. The lowest BCUT2D eigenvalue weighted by Crippen LogP contribution is -2.23. The molecule has 0 aliphatic carbocycles. The second kappa shape index (κ2) is 6.35.